The van der Waals surface area contributed by atoms with Crippen molar-refractivity contribution in [3.8, 4) is 33.8 Å². The Balaban J connectivity index is 0.000000230. The number of hydrogen-bond donors (Lipinski definition) is 1. The molecule has 0 aliphatic carbocycles. The number of pyridine rings is 4. The minimum absolute atomic E-state index is 0.111. The van der Waals surface area contributed by atoms with Crippen molar-refractivity contribution in [2.45, 2.75) is 39.4 Å². The van der Waals surface area contributed by atoms with Gasteiger partial charge in [0, 0.05) is 53.3 Å². The molecule has 0 amide bonds. The molecule has 1 aliphatic rings. The molecule has 0 spiro atoms. The van der Waals surface area contributed by atoms with E-state index in [9.17, 15) is 23.5 Å². The summed E-state index contributed by atoms with van der Waals surface area (Å²) in [7, 11) is 0. The summed E-state index contributed by atoms with van der Waals surface area (Å²) in [6.45, 7) is 6.99. The largest absolute Gasteiger partial charge is 0.505 e. The molecule has 6 aromatic rings. The maximum atomic E-state index is 14.8. The van der Waals surface area contributed by atoms with Crippen molar-refractivity contribution in [1.82, 2.24) is 19.9 Å². The van der Waals surface area contributed by atoms with Gasteiger partial charge in [0.15, 0.2) is 29.4 Å². The Hall–Kier alpha value is -6.20. The monoisotopic (exact) mass is 840 g/mol. The van der Waals surface area contributed by atoms with Gasteiger partial charge in [0.25, 0.3) is 0 Å². The number of phenolic OH excluding ortho intramolecular Hbond substituents is 1. The van der Waals surface area contributed by atoms with E-state index in [4.69, 9.17) is 33.2 Å². The minimum atomic E-state index is -0.735. The second-order valence-corrected chi connectivity index (χ2v) is 13.4. The SMILES string of the molecule is CCOC(=O)c1ccc2cncc(-c3ccc(O)c(F)c3)c2n1.CCOC(=O)c1ccc2cncc(-c3ccc(OCCOCCOCCOC4CCCCO4)c(F)c3)c2n1. The summed E-state index contributed by atoms with van der Waals surface area (Å²) in [4.78, 5) is 41.1. The number of aromatic hydroxyl groups is 1. The van der Waals surface area contributed by atoms with Gasteiger partial charge in [-0.25, -0.2) is 28.3 Å². The summed E-state index contributed by atoms with van der Waals surface area (Å²) >= 11 is 0. The molecule has 320 valence electrons. The highest BCUT2D eigenvalue weighted by Crippen LogP contribution is 2.31. The number of carbonyl (C=O) groups is 2. The number of rotatable bonds is 17. The van der Waals surface area contributed by atoms with Crippen LogP contribution in [-0.4, -0.2) is 103 Å². The van der Waals surface area contributed by atoms with Crippen LogP contribution in [0.5, 0.6) is 11.5 Å². The van der Waals surface area contributed by atoms with Crippen molar-refractivity contribution in [3.05, 3.63) is 108 Å². The molecule has 16 heteroatoms. The van der Waals surface area contributed by atoms with E-state index in [0.717, 1.165) is 31.3 Å². The fourth-order valence-corrected chi connectivity index (χ4v) is 6.22. The molecule has 1 unspecified atom stereocenters. The fourth-order valence-electron chi connectivity index (χ4n) is 6.22. The Morgan fingerprint density at radius 3 is 1.79 bits per heavy atom. The van der Waals surface area contributed by atoms with Crippen molar-refractivity contribution >= 4 is 33.7 Å². The highest BCUT2D eigenvalue weighted by molar-refractivity contribution is 5.98. The van der Waals surface area contributed by atoms with Crippen LogP contribution in [0, 0.1) is 11.6 Å². The van der Waals surface area contributed by atoms with Gasteiger partial charge in [-0.15, -0.1) is 0 Å². The minimum Gasteiger partial charge on any atom is -0.505 e. The fraction of sp³-hybridized carbons (Fsp3) is 0.333. The first-order valence-corrected chi connectivity index (χ1v) is 19.9. The average molecular weight is 841 g/mol. The number of aromatic nitrogens is 4. The molecule has 4 aromatic heterocycles. The predicted molar refractivity (Wildman–Crippen MR) is 220 cm³/mol. The van der Waals surface area contributed by atoms with Gasteiger partial charge in [0.1, 0.15) is 18.0 Å². The standard InChI is InChI=1S/C28H33FN2O7.C17H13FN2O3/c1-2-35-28(32)24-8-6-21-18-30-19-22(27(21)31-24)20-7-9-25(23(29)17-20)36-15-13-33-11-12-34-14-16-38-26-5-3-4-10-37-26;1-2-23-17(22)14-5-3-11-8-19-9-12(16(11)20-14)10-4-6-15(21)13(18)7-10/h6-9,17-19,26H,2-5,10-16H2,1H3;3-9,21H,2H2,1H3. The maximum Gasteiger partial charge on any atom is 0.356 e. The Morgan fingerprint density at radius 1 is 0.689 bits per heavy atom. The summed E-state index contributed by atoms with van der Waals surface area (Å²) in [5.74, 6) is -2.60. The summed E-state index contributed by atoms with van der Waals surface area (Å²) in [6.07, 6.45) is 9.42. The third-order valence-electron chi connectivity index (χ3n) is 9.19. The lowest BCUT2D eigenvalue weighted by Gasteiger charge is -2.22. The van der Waals surface area contributed by atoms with Gasteiger partial charge in [-0.1, -0.05) is 12.1 Å². The Labute approximate surface area is 350 Å². The van der Waals surface area contributed by atoms with E-state index >= 15 is 0 Å². The molecule has 0 saturated carbocycles. The van der Waals surface area contributed by atoms with Crippen molar-refractivity contribution in [3.63, 3.8) is 0 Å². The van der Waals surface area contributed by atoms with Gasteiger partial charge in [0.05, 0.1) is 57.3 Å². The third-order valence-corrected chi connectivity index (χ3v) is 9.19. The highest BCUT2D eigenvalue weighted by atomic mass is 19.1. The number of nitrogens with zero attached hydrogens (tertiary/aromatic N) is 4. The van der Waals surface area contributed by atoms with E-state index in [2.05, 4.69) is 19.9 Å². The molecular formula is C45H46F2N4O10. The number of fused-ring (bicyclic) bond motifs is 2. The second-order valence-electron chi connectivity index (χ2n) is 13.4. The number of hydrogen-bond acceptors (Lipinski definition) is 14. The van der Waals surface area contributed by atoms with Gasteiger partial charge in [-0.3, -0.25) is 9.97 Å². The first kappa shape index (κ1) is 44.4. The van der Waals surface area contributed by atoms with Crippen LogP contribution in [0.3, 0.4) is 0 Å². The summed E-state index contributed by atoms with van der Waals surface area (Å²) in [5.41, 5.74) is 3.62. The number of halogens is 2. The molecule has 7 rings (SSSR count). The first-order valence-electron chi connectivity index (χ1n) is 19.9. The lowest BCUT2D eigenvalue weighted by atomic mass is 10.0. The van der Waals surface area contributed by atoms with Crippen LogP contribution in [0.15, 0.2) is 85.5 Å². The lowest BCUT2D eigenvalue weighted by Crippen LogP contribution is -2.24. The number of benzene rings is 2. The Morgan fingerprint density at radius 2 is 1.25 bits per heavy atom. The third kappa shape index (κ3) is 12.2. The molecule has 0 radical (unpaired) electrons. The van der Waals surface area contributed by atoms with Crippen LogP contribution in [0.4, 0.5) is 8.78 Å². The molecule has 5 heterocycles. The van der Waals surface area contributed by atoms with Crippen LogP contribution in [0.1, 0.15) is 54.1 Å². The van der Waals surface area contributed by atoms with Crippen LogP contribution in [-0.2, 0) is 28.4 Å². The predicted octanol–water partition coefficient (Wildman–Crippen LogP) is 7.89. The number of ether oxygens (including phenoxy) is 7. The molecule has 14 nitrogen and oxygen atoms in total. The molecule has 0 bridgehead atoms. The topological polar surface area (TPSA) is 171 Å². The molecule has 1 fully saturated rings. The smallest absolute Gasteiger partial charge is 0.356 e. The highest BCUT2D eigenvalue weighted by Gasteiger charge is 2.16. The summed E-state index contributed by atoms with van der Waals surface area (Å²) in [6, 6.07) is 15.3. The Kier molecular flexibility index (Phi) is 16.3. The summed E-state index contributed by atoms with van der Waals surface area (Å²) in [5, 5.41) is 10.7. The van der Waals surface area contributed by atoms with E-state index in [-0.39, 0.29) is 43.2 Å². The zero-order valence-electron chi connectivity index (χ0n) is 33.8. The molecule has 1 atom stereocenters. The summed E-state index contributed by atoms with van der Waals surface area (Å²) < 4.78 is 66.0. The number of esters is 2. The zero-order chi connectivity index (χ0) is 43.0. The quantitative estimate of drug-likeness (QED) is 0.0695. The van der Waals surface area contributed by atoms with E-state index in [1.54, 1.807) is 74.9 Å². The van der Waals surface area contributed by atoms with Gasteiger partial charge in [-0.2, -0.15) is 0 Å². The first-order chi connectivity index (χ1) is 29.7. The molecule has 1 aliphatic heterocycles. The van der Waals surface area contributed by atoms with Crippen LogP contribution in [0.2, 0.25) is 0 Å². The molecular weight excluding hydrogens is 795 g/mol. The second kappa shape index (κ2) is 22.4. The van der Waals surface area contributed by atoms with Crippen molar-refractivity contribution in [1.29, 1.82) is 0 Å². The van der Waals surface area contributed by atoms with E-state index in [0.29, 0.717) is 71.7 Å². The van der Waals surface area contributed by atoms with Gasteiger partial charge < -0.3 is 38.3 Å². The van der Waals surface area contributed by atoms with Crippen molar-refractivity contribution in [2.24, 2.45) is 0 Å². The van der Waals surface area contributed by atoms with E-state index in [1.165, 1.54) is 24.4 Å². The van der Waals surface area contributed by atoms with E-state index in [1.807, 2.05) is 0 Å². The Bertz CT molecular complexity index is 2410. The molecule has 2 aromatic carbocycles. The zero-order valence-corrected chi connectivity index (χ0v) is 33.8. The molecule has 1 N–H and O–H groups in total. The van der Waals surface area contributed by atoms with Crippen molar-refractivity contribution < 1.29 is 56.6 Å². The van der Waals surface area contributed by atoms with Gasteiger partial charge >= 0.3 is 11.9 Å². The number of phenols is 1. The van der Waals surface area contributed by atoms with Crippen LogP contribution < -0.4 is 4.74 Å². The van der Waals surface area contributed by atoms with Crippen molar-refractivity contribution in [2.75, 3.05) is 59.5 Å². The molecule has 61 heavy (non-hydrogen) atoms. The van der Waals surface area contributed by atoms with E-state index < -0.39 is 29.3 Å². The number of carbonyl (C=O) groups excluding carboxylic acids is 2. The normalized spacial score (nSPS) is 13.7. The van der Waals surface area contributed by atoms with Crippen LogP contribution >= 0.6 is 0 Å². The lowest BCUT2D eigenvalue weighted by molar-refractivity contribution is -0.169. The average Bonchev–Trinajstić information content (AvgIpc) is 3.28. The maximum absolute atomic E-state index is 14.8. The molecule has 1 saturated heterocycles. The van der Waals surface area contributed by atoms with Crippen LogP contribution in [0.25, 0.3) is 44.1 Å². The van der Waals surface area contributed by atoms with Gasteiger partial charge in [-0.05, 0) is 92.8 Å². The van der Waals surface area contributed by atoms with Gasteiger partial charge in [0.2, 0.25) is 0 Å².